The van der Waals surface area contributed by atoms with Crippen LogP contribution in [0.25, 0.3) is 0 Å². The summed E-state index contributed by atoms with van der Waals surface area (Å²) >= 11 is 1.77. The minimum atomic E-state index is 0.710. The third-order valence-electron chi connectivity index (χ3n) is 4.68. The Morgan fingerprint density at radius 3 is 2.89 bits per heavy atom. The second-order valence-electron chi connectivity index (χ2n) is 6.00. The van der Waals surface area contributed by atoms with Gasteiger partial charge in [0, 0.05) is 24.4 Å². The first-order valence-corrected chi connectivity index (χ1v) is 8.62. The zero-order valence-corrected chi connectivity index (χ0v) is 12.5. The number of thiazole rings is 1. The Bertz CT molecular complexity index is 398. The van der Waals surface area contributed by atoms with E-state index in [0.29, 0.717) is 6.54 Å². The Morgan fingerprint density at radius 1 is 1.26 bits per heavy atom. The summed E-state index contributed by atoms with van der Waals surface area (Å²) in [6.07, 6.45) is 9.52. The summed E-state index contributed by atoms with van der Waals surface area (Å²) in [5.41, 5.74) is 6.86. The van der Waals surface area contributed by atoms with Crippen LogP contribution < -0.4 is 5.73 Å². The molecule has 2 N–H and O–H groups in total. The van der Waals surface area contributed by atoms with E-state index in [-0.39, 0.29) is 0 Å². The normalized spacial score (nSPS) is 25.4. The molecule has 1 aliphatic heterocycles. The van der Waals surface area contributed by atoms with Gasteiger partial charge in [-0.15, -0.1) is 11.3 Å². The molecule has 3 nitrogen and oxygen atoms in total. The monoisotopic (exact) mass is 279 g/mol. The Morgan fingerprint density at radius 2 is 2.11 bits per heavy atom. The first kappa shape index (κ1) is 13.5. The van der Waals surface area contributed by atoms with Gasteiger partial charge in [-0.05, 0) is 44.7 Å². The van der Waals surface area contributed by atoms with Crippen molar-refractivity contribution in [1.29, 1.82) is 0 Å². The maximum absolute atomic E-state index is 5.59. The van der Waals surface area contributed by atoms with Crippen LogP contribution in [0.1, 0.15) is 49.2 Å². The fraction of sp³-hybridized carbons (Fsp3) is 0.800. The topological polar surface area (TPSA) is 42.1 Å². The lowest BCUT2D eigenvalue weighted by atomic mass is 9.96. The Hall–Kier alpha value is -0.450. The smallest absolute Gasteiger partial charge is 0.0941 e. The molecule has 0 radical (unpaired) electrons. The number of hydrogen-bond donors (Lipinski definition) is 1. The Balaban J connectivity index is 1.60. The minimum Gasteiger partial charge on any atom is -0.330 e. The van der Waals surface area contributed by atoms with Crippen LogP contribution in [0.15, 0.2) is 5.38 Å². The lowest BCUT2D eigenvalue weighted by molar-refractivity contribution is 0.181. The molecule has 1 saturated carbocycles. The summed E-state index contributed by atoms with van der Waals surface area (Å²) in [6, 6.07) is 0.835. The van der Waals surface area contributed by atoms with Gasteiger partial charge in [0.15, 0.2) is 0 Å². The van der Waals surface area contributed by atoms with Crippen molar-refractivity contribution < 1.29 is 0 Å². The Kier molecular flexibility index (Phi) is 4.51. The van der Waals surface area contributed by atoms with E-state index in [0.717, 1.165) is 24.9 Å². The number of nitrogens with zero attached hydrogens (tertiary/aromatic N) is 2. The first-order chi connectivity index (χ1) is 9.36. The molecule has 0 aromatic carbocycles. The van der Waals surface area contributed by atoms with Crippen LogP contribution >= 0.6 is 11.3 Å². The molecule has 2 fully saturated rings. The zero-order valence-electron chi connectivity index (χ0n) is 11.7. The molecule has 0 amide bonds. The molecule has 1 aromatic heterocycles. The summed E-state index contributed by atoms with van der Waals surface area (Å²) in [4.78, 5) is 7.41. The fourth-order valence-corrected chi connectivity index (χ4v) is 4.60. The Labute approximate surface area is 120 Å². The molecule has 2 aliphatic rings. The van der Waals surface area contributed by atoms with Gasteiger partial charge in [0.05, 0.1) is 10.7 Å². The van der Waals surface area contributed by atoms with E-state index in [1.807, 2.05) is 0 Å². The summed E-state index contributed by atoms with van der Waals surface area (Å²) in [5, 5.41) is 3.43. The number of likely N-dealkylation sites (tertiary alicyclic amines) is 1. The third kappa shape index (κ3) is 3.18. The number of rotatable bonds is 5. The van der Waals surface area contributed by atoms with Gasteiger partial charge in [-0.1, -0.05) is 12.8 Å². The molecule has 0 bridgehead atoms. The molecule has 106 valence electrons. The predicted molar refractivity (Wildman–Crippen MR) is 80.3 cm³/mol. The van der Waals surface area contributed by atoms with Gasteiger partial charge in [0.25, 0.3) is 0 Å². The molecule has 0 spiro atoms. The molecular weight excluding hydrogens is 254 g/mol. The average molecular weight is 279 g/mol. The standard InChI is InChI=1S/C15H25N3S/c16-8-7-15-17-13(11-19-15)10-18-9-3-6-14(18)12-4-1-2-5-12/h11-12,14H,1-10,16H2. The van der Waals surface area contributed by atoms with Crippen LogP contribution in [0, 0.1) is 5.92 Å². The highest BCUT2D eigenvalue weighted by Crippen LogP contribution is 2.36. The maximum Gasteiger partial charge on any atom is 0.0941 e. The lowest BCUT2D eigenvalue weighted by Gasteiger charge is -2.28. The van der Waals surface area contributed by atoms with Crippen LogP contribution in [0.5, 0.6) is 0 Å². The second kappa shape index (κ2) is 6.33. The van der Waals surface area contributed by atoms with E-state index in [9.17, 15) is 0 Å². The predicted octanol–water partition coefficient (Wildman–Crippen LogP) is 2.80. The quantitative estimate of drug-likeness (QED) is 0.901. The van der Waals surface area contributed by atoms with Crippen molar-refractivity contribution in [1.82, 2.24) is 9.88 Å². The van der Waals surface area contributed by atoms with Crippen LogP contribution in [0.4, 0.5) is 0 Å². The SMILES string of the molecule is NCCc1nc(CN2CCCC2C2CCCC2)cs1. The first-order valence-electron chi connectivity index (χ1n) is 7.74. The second-order valence-corrected chi connectivity index (χ2v) is 6.94. The van der Waals surface area contributed by atoms with Gasteiger partial charge in [0.2, 0.25) is 0 Å². The van der Waals surface area contributed by atoms with Crippen LogP contribution in [-0.2, 0) is 13.0 Å². The molecule has 1 aliphatic carbocycles. The molecular formula is C15H25N3S. The van der Waals surface area contributed by atoms with E-state index in [2.05, 4.69) is 10.3 Å². The highest BCUT2D eigenvalue weighted by atomic mass is 32.1. The van der Waals surface area contributed by atoms with Gasteiger partial charge in [-0.25, -0.2) is 4.98 Å². The van der Waals surface area contributed by atoms with Crippen molar-refractivity contribution in [2.45, 2.75) is 57.5 Å². The summed E-state index contributed by atoms with van der Waals surface area (Å²) in [6.45, 7) is 3.04. The van der Waals surface area contributed by atoms with Crippen molar-refractivity contribution in [2.24, 2.45) is 11.7 Å². The summed E-state index contributed by atoms with van der Waals surface area (Å²) in [5.74, 6) is 0.963. The van der Waals surface area contributed by atoms with Gasteiger partial charge < -0.3 is 5.73 Å². The summed E-state index contributed by atoms with van der Waals surface area (Å²) < 4.78 is 0. The van der Waals surface area contributed by atoms with E-state index in [1.165, 1.54) is 55.8 Å². The van der Waals surface area contributed by atoms with Gasteiger partial charge in [-0.3, -0.25) is 4.90 Å². The van der Waals surface area contributed by atoms with E-state index < -0.39 is 0 Å². The zero-order chi connectivity index (χ0) is 13.1. The highest BCUT2D eigenvalue weighted by Gasteiger charge is 2.33. The van der Waals surface area contributed by atoms with Crippen molar-refractivity contribution >= 4 is 11.3 Å². The van der Waals surface area contributed by atoms with Gasteiger partial charge in [0.1, 0.15) is 0 Å². The molecule has 1 aromatic rings. The van der Waals surface area contributed by atoms with Crippen LogP contribution in [0.3, 0.4) is 0 Å². The molecule has 2 heterocycles. The lowest BCUT2D eigenvalue weighted by Crippen LogP contribution is -2.34. The number of nitrogens with two attached hydrogens (primary N) is 1. The van der Waals surface area contributed by atoms with Crippen molar-refractivity contribution in [3.05, 3.63) is 16.1 Å². The molecule has 3 rings (SSSR count). The third-order valence-corrected chi connectivity index (χ3v) is 5.64. The largest absolute Gasteiger partial charge is 0.330 e. The van der Waals surface area contributed by atoms with Gasteiger partial charge >= 0.3 is 0 Å². The number of hydrogen-bond acceptors (Lipinski definition) is 4. The highest BCUT2D eigenvalue weighted by molar-refractivity contribution is 7.09. The van der Waals surface area contributed by atoms with Crippen molar-refractivity contribution in [2.75, 3.05) is 13.1 Å². The van der Waals surface area contributed by atoms with E-state index in [1.54, 1.807) is 11.3 Å². The number of aromatic nitrogens is 1. The van der Waals surface area contributed by atoms with Crippen molar-refractivity contribution in [3.63, 3.8) is 0 Å². The van der Waals surface area contributed by atoms with Crippen LogP contribution in [0.2, 0.25) is 0 Å². The minimum absolute atomic E-state index is 0.710. The average Bonchev–Trinajstić information content (AvgIpc) is 3.11. The molecule has 1 saturated heterocycles. The molecule has 1 unspecified atom stereocenters. The maximum atomic E-state index is 5.59. The fourth-order valence-electron chi connectivity index (χ4n) is 3.79. The van der Waals surface area contributed by atoms with E-state index in [4.69, 9.17) is 10.7 Å². The van der Waals surface area contributed by atoms with Crippen LogP contribution in [-0.4, -0.2) is 29.0 Å². The molecule has 19 heavy (non-hydrogen) atoms. The molecule has 4 heteroatoms. The molecule has 1 atom stereocenters. The van der Waals surface area contributed by atoms with E-state index >= 15 is 0 Å². The van der Waals surface area contributed by atoms with Gasteiger partial charge in [-0.2, -0.15) is 0 Å². The van der Waals surface area contributed by atoms with Crippen molar-refractivity contribution in [3.8, 4) is 0 Å². The summed E-state index contributed by atoms with van der Waals surface area (Å²) in [7, 11) is 0.